The molecular weight excluding hydrogens is 244 g/mol. The van der Waals surface area contributed by atoms with Crippen LogP contribution in [-0.2, 0) is 4.79 Å². The van der Waals surface area contributed by atoms with E-state index in [2.05, 4.69) is 10.6 Å². The van der Waals surface area contributed by atoms with Crippen molar-refractivity contribution in [1.82, 2.24) is 5.32 Å². The number of carbonyl (C=O) groups is 1. The average Bonchev–Trinajstić information content (AvgIpc) is 3.22. The highest BCUT2D eigenvalue weighted by Gasteiger charge is 2.25. The van der Waals surface area contributed by atoms with Crippen LogP contribution in [-0.4, -0.2) is 32.2 Å². The molecule has 1 aromatic rings. The molecule has 0 aliphatic heterocycles. The van der Waals surface area contributed by atoms with Crippen LogP contribution in [0.4, 0.5) is 5.69 Å². The lowest BCUT2D eigenvalue weighted by atomic mass is 10.2. The molecule has 1 saturated carbocycles. The fraction of sp³-hybridized carbons (Fsp3) is 0.500. The van der Waals surface area contributed by atoms with Crippen LogP contribution < -0.4 is 20.1 Å². The molecule has 0 heterocycles. The largest absolute Gasteiger partial charge is 0.497 e. The van der Waals surface area contributed by atoms with E-state index in [-0.39, 0.29) is 11.9 Å². The standard InChI is InChI=1S/C14H20N2O3/c1-9(14(17)16-10-4-5-10)15-12-7-6-11(18-2)8-13(12)19-3/h6-10,15H,4-5H2,1-3H3,(H,16,17). The second-order valence-electron chi connectivity index (χ2n) is 4.72. The Morgan fingerprint density at radius 2 is 2.05 bits per heavy atom. The molecule has 19 heavy (non-hydrogen) atoms. The first kappa shape index (κ1) is 13.5. The van der Waals surface area contributed by atoms with Gasteiger partial charge in [0.2, 0.25) is 5.91 Å². The second kappa shape index (κ2) is 5.82. The van der Waals surface area contributed by atoms with E-state index in [9.17, 15) is 4.79 Å². The predicted octanol–water partition coefficient (Wildman–Crippen LogP) is 1.78. The molecule has 1 aromatic carbocycles. The Bertz CT molecular complexity index is 458. The Morgan fingerprint density at radius 3 is 2.63 bits per heavy atom. The Kier molecular flexibility index (Phi) is 4.14. The molecule has 0 bridgehead atoms. The van der Waals surface area contributed by atoms with E-state index in [1.165, 1.54) is 0 Å². The minimum absolute atomic E-state index is 0.0142. The van der Waals surface area contributed by atoms with E-state index in [1.54, 1.807) is 20.3 Å². The lowest BCUT2D eigenvalue weighted by Gasteiger charge is -2.17. The number of amides is 1. The van der Waals surface area contributed by atoms with Crippen molar-refractivity contribution in [2.75, 3.05) is 19.5 Å². The Labute approximate surface area is 113 Å². The summed E-state index contributed by atoms with van der Waals surface area (Å²) in [5.74, 6) is 1.39. The van der Waals surface area contributed by atoms with E-state index in [0.717, 1.165) is 24.3 Å². The van der Waals surface area contributed by atoms with Gasteiger partial charge in [0.15, 0.2) is 0 Å². The molecule has 1 amide bonds. The molecule has 1 fully saturated rings. The third-order valence-corrected chi connectivity index (χ3v) is 3.10. The molecule has 1 unspecified atom stereocenters. The van der Waals surface area contributed by atoms with Crippen molar-refractivity contribution in [2.45, 2.75) is 31.8 Å². The maximum atomic E-state index is 11.9. The van der Waals surface area contributed by atoms with Crippen molar-refractivity contribution in [3.8, 4) is 11.5 Å². The van der Waals surface area contributed by atoms with E-state index in [4.69, 9.17) is 9.47 Å². The van der Waals surface area contributed by atoms with E-state index >= 15 is 0 Å². The van der Waals surface area contributed by atoms with Crippen LogP contribution in [0.3, 0.4) is 0 Å². The number of carbonyl (C=O) groups excluding carboxylic acids is 1. The molecule has 1 aliphatic carbocycles. The van der Waals surface area contributed by atoms with E-state index in [1.807, 2.05) is 19.1 Å². The van der Waals surface area contributed by atoms with Crippen LogP contribution >= 0.6 is 0 Å². The van der Waals surface area contributed by atoms with Crippen molar-refractivity contribution in [2.24, 2.45) is 0 Å². The van der Waals surface area contributed by atoms with Crippen LogP contribution in [0.15, 0.2) is 18.2 Å². The van der Waals surface area contributed by atoms with Crippen molar-refractivity contribution >= 4 is 11.6 Å². The number of ether oxygens (including phenoxy) is 2. The van der Waals surface area contributed by atoms with Gasteiger partial charge in [0, 0.05) is 12.1 Å². The zero-order chi connectivity index (χ0) is 13.8. The number of rotatable bonds is 6. The molecule has 0 aromatic heterocycles. The number of benzene rings is 1. The summed E-state index contributed by atoms with van der Waals surface area (Å²) in [4.78, 5) is 11.9. The van der Waals surface area contributed by atoms with Gasteiger partial charge in [-0.3, -0.25) is 4.79 Å². The molecule has 5 heteroatoms. The third kappa shape index (κ3) is 3.53. The first-order valence-electron chi connectivity index (χ1n) is 6.43. The molecule has 1 aliphatic rings. The van der Waals surface area contributed by atoms with Crippen LogP contribution in [0.5, 0.6) is 11.5 Å². The van der Waals surface area contributed by atoms with Gasteiger partial charge in [0.25, 0.3) is 0 Å². The molecule has 104 valence electrons. The summed E-state index contributed by atoms with van der Waals surface area (Å²) in [6.45, 7) is 1.83. The molecule has 1 atom stereocenters. The smallest absolute Gasteiger partial charge is 0.242 e. The van der Waals surface area contributed by atoms with Gasteiger partial charge in [-0.2, -0.15) is 0 Å². The number of hydrogen-bond donors (Lipinski definition) is 2. The fourth-order valence-electron chi connectivity index (χ4n) is 1.77. The number of methoxy groups -OCH3 is 2. The quantitative estimate of drug-likeness (QED) is 0.822. The SMILES string of the molecule is COc1ccc(NC(C)C(=O)NC2CC2)c(OC)c1. The van der Waals surface area contributed by atoms with Crippen LogP contribution in [0.1, 0.15) is 19.8 Å². The lowest BCUT2D eigenvalue weighted by Crippen LogP contribution is -2.38. The Balaban J connectivity index is 2.02. The maximum absolute atomic E-state index is 11.9. The first-order valence-corrected chi connectivity index (χ1v) is 6.43. The van der Waals surface area contributed by atoms with Gasteiger partial charge in [-0.25, -0.2) is 0 Å². The highest BCUT2D eigenvalue weighted by Crippen LogP contribution is 2.29. The van der Waals surface area contributed by atoms with Crippen LogP contribution in [0, 0.1) is 0 Å². The Hall–Kier alpha value is -1.91. The maximum Gasteiger partial charge on any atom is 0.242 e. The first-order chi connectivity index (χ1) is 9.13. The zero-order valence-corrected chi connectivity index (χ0v) is 11.5. The van der Waals surface area contributed by atoms with Crippen molar-refractivity contribution < 1.29 is 14.3 Å². The average molecular weight is 264 g/mol. The Morgan fingerprint density at radius 1 is 1.32 bits per heavy atom. The molecule has 0 spiro atoms. The molecular formula is C14H20N2O3. The van der Waals surface area contributed by atoms with Crippen molar-refractivity contribution in [3.63, 3.8) is 0 Å². The summed E-state index contributed by atoms with van der Waals surface area (Å²) in [5.41, 5.74) is 0.779. The van der Waals surface area contributed by atoms with Gasteiger partial charge in [-0.1, -0.05) is 0 Å². The minimum atomic E-state index is -0.303. The molecule has 5 nitrogen and oxygen atoms in total. The topological polar surface area (TPSA) is 59.6 Å². The van der Waals surface area contributed by atoms with Crippen molar-refractivity contribution in [1.29, 1.82) is 0 Å². The van der Waals surface area contributed by atoms with Gasteiger partial charge < -0.3 is 20.1 Å². The zero-order valence-electron chi connectivity index (χ0n) is 11.5. The van der Waals surface area contributed by atoms with Gasteiger partial charge in [-0.15, -0.1) is 0 Å². The molecule has 2 rings (SSSR count). The van der Waals surface area contributed by atoms with E-state index in [0.29, 0.717) is 11.8 Å². The molecule has 0 radical (unpaired) electrons. The summed E-state index contributed by atoms with van der Waals surface area (Å²) in [6, 6.07) is 5.53. The van der Waals surface area contributed by atoms with Crippen LogP contribution in [0.25, 0.3) is 0 Å². The fourth-order valence-corrected chi connectivity index (χ4v) is 1.77. The summed E-state index contributed by atoms with van der Waals surface area (Å²) in [6.07, 6.45) is 2.18. The lowest BCUT2D eigenvalue weighted by molar-refractivity contribution is -0.121. The number of nitrogens with one attached hydrogen (secondary N) is 2. The van der Waals surface area contributed by atoms with Gasteiger partial charge >= 0.3 is 0 Å². The third-order valence-electron chi connectivity index (χ3n) is 3.10. The molecule has 2 N–H and O–H groups in total. The van der Waals surface area contributed by atoms with Crippen LogP contribution in [0.2, 0.25) is 0 Å². The van der Waals surface area contributed by atoms with Gasteiger partial charge in [0.05, 0.1) is 19.9 Å². The minimum Gasteiger partial charge on any atom is -0.497 e. The highest BCUT2D eigenvalue weighted by atomic mass is 16.5. The monoisotopic (exact) mass is 264 g/mol. The normalized spacial score (nSPS) is 15.5. The van der Waals surface area contributed by atoms with E-state index < -0.39 is 0 Å². The summed E-state index contributed by atoms with van der Waals surface area (Å²) in [5, 5.41) is 6.12. The van der Waals surface area contributed by atoms with Gasteiger partial charge in [0.1, 0.15) is 17.5 Å². The highest BCUT2D eigenvalue weighted by molar-refractivity contribution is 5.85. The van der Waals surface area contributed by atoms with Gasteiger partial charge in [-0.05, 0) is 31.9 Å². The number of hydrogen-bond acceptors (Lipinski definition) is 4. The summed E-state index contributed by atoms with van der Waals surface area (Å²) >= 11 is 0. The summed E-state index contributed by atoms with van der Waals surface area (Å²) < 4.78 is 10.4. The second-order valence-corrected chi connectivity index (χ2v) is 4.72. The summed E-state index contributed by atoms with van der Waals surface area (Å²) in [7, 11) is 3.20. The molecule has 0 saturated heterocycles. The van der Waals surface area contributed by atoms with Crippen molar-refractivity contribution in [3.05, 3.63) is 18.2 Å². The predicted molar refractivity (Wildman–Crippen MR) is 73.8 cm³/mol. The number of anilines is 1.